The third kappa shape index (κ3) is 3.98. The summed E-state index contributed by atoms with van der Waals surface area (Å²) in [6, 6.07) is 10.8. The van der Waals surface area contributed by atoms with Gasteiger partial charge < -0.3 is 20.1 Å². The second kappa shape index (κ2) is 7.11. The predicted octanol–water partition coefficient (Wildman–Crippen LogP) is 2.23. The summed E-state index contributed by atoms with van der Waals surface area (Å²) in [5.74, 6) is -0.116. The van der Waals surface area contributed by atoms with Gasteiger partial charge in [0.2, 0.25) is 0 Å². The van der Waals surface area contributed by atoms with Gasteiger partial charge in [-0.05, 0) is 29.8 Å². The van der Waals surface area contributed by atoms with Crippen molar-refractivity contribution in [2.24, 2.45) is 0 Å². The second-order valence-corrected chi connectivity index (χ2v) is 5.36. The number of hydrogen-bond donors (Lipinski definition) is 2. The number of hydrogen-bond acceptors (Lipinski definition) is 5. The van der Waals surface area contributed by atoms with E-state index in [1.165, 1.54) is 0 Å². The number of ether oxygens (including phenoxy) is 1. The molecule has 1 aliphatic heterocycles. The standard InChI is InChI=1S/C17H19N3O3/c21-17(22)14-3-1-13(2-4-14)11-18-16-6-5-15(12-19-16)20-7-9-23-10-8-20/h1-6,12H,7-11H2,(H,18,19)(H,21,22). The summed E-state index contributed by atoms with van der Waals surface area (Å²) >= 11 is 0. The molecule has 1 aromatic heterocycles. The fraction of sp³-hybridized carbons (Fsp3) is 0.294. The molecule has 120 valence electrons. The topological polar surface area (TPSA) is 74.7 Å². The molecule has 6 heteroatoms. The van der Waals surface area contributed by atoms with Gasteiger partial charge >= 0.3 is 5.97 Å². The number of nitrogens with zero attached hydrogens (tertiary/aromatic N) is 2. The fourth-order valence-corrected chi connectivity index (χ4v) is 2.46. The van der Waals surface area contributed by atoms with Gasteiger partial charge in [-0.25, -0.2) is 9.78 Å². The number of carbonyl (C=O) groups is 1. The molecule has 0 spiro atoms. The lowest BCUT2D eigenvalue weighted by Gasteiger charge is -2.28. The number of anilines is 2. The van der Waals surface area contributed by atoms with Crippen LogP contribution in [0.5, 0.6) is 0 Å². The highest BCUT2D eigenvalue weighted by Crippen LogP contribution is 2.17. The number of aromatic nitrogens is 1. The van der Waals surface area contributed by atoms with Gasteiger partial charge in [0.25, 0.3) is 0 Å². The fourth-order valence-electron chi connectivity index (χ4n) is 2.46. The largest absolute Gasteiger partial charge is 0.478 e. The van der Waals surface area contributed by atoms with Crippen molar-refractivity contribution in [3.8, 4) is 0 Å². The van der Waals surface area contributed by atoms with Gasteiger partial charge in [0.1, 0.15) is 5.82 Å². The molecule has 1 aromatic carbocycles. The van der Waals surface area contributed by atoms with Crippen LogP contribution in [0.15, 0.2) is 42.6 Å². The smallest absolute Gasteiger partial charge is 0.335 e. The molecule has 0 saturated carbocycles. The number of carboxylic acids is 1. The molecule has 2 aromatic rings. The summed E-state index contributed by atoms with van der Waals surface area (Å²) < 4.78 is 5.34. The van der Waals surface area contributed by atoms with Gasteiger partial charge in [0.05, 0.1) is 30.7 Å². The Bertz CT molecular complexity index is 650. The van der Waals surface area contributed by atoms with E-state index in [9.17, 15) is 4.79 Å². The van der Waals surface area contributed by atoms with Crippen LogP contribution in [0.25, 0.3) is 0 Å². The number of benzene rings is 1. The maximum absolute atomic E-state index is 10.8. The van der Waals surface area contributed by atoms with Crippen LogP contribution in [-0.4, -0.2) is 42.4 Å². The van der Waals surface area contributed by atoms with Crippen molar-refractivity contribution in [1.82, 2.24) is 4.98 Å². The van der Waals surface area contributed by atoms with Crippen LogP contribution < -0.4 is 10.2 Å². The van der Waals surface area contributed by atoms with Gasteiger partial charge in [-0.1, -0.05) is 12.1 Å². The van der Waals surface area contributed by atoms with Crippen LogP contribution in [-0.2, 0) is 11.3 Å². The van der Waals surface area contributed by atoms with E-state index in [0.717, 1.165) is 43.4 Å². The SMILES string of the molecule is O=C(O)c1ccc(CNc2ccc(N3CCOCC3)cn2)cc1. The van der Waals surface area contributed by atoms with Gasteiger partial charge in [0, 0.05) is 19.6 Å². The minimum atomic E-state index is -0.912. The van der Waals surface area contributed by atoms with E-state index in [-0.39, 0.29) is 0 Å². The van der Waals surface area contributed by atoms with Crippen molar-refractivity contribution in [2.75, 3.05) is 36.5 Å². The Balaban J connectivity index is 1.56. The third-order valence-electron chi connectivity index (χ3n) is 3.80. The van der Waals surface area contributed by atoms with Crippen molar-refractivity contribution < 1.29 is 14.6 Å². The Morgan fingerprint density at radius 1 is 1.17 bits per heavy atom. The molecule has 0 unspecified atom stereocenters. The van der Waals surface area contributed by atoms with Crippen LogP contribution in [0.3, 0.4) is 0 Å². The van der Waals surface area contributed by atoms with Gasteiger partial charge in [-0.3, -0.25) is 0 Å². The van der Waals surface area contributed by atoms with Gasteiger partial charge in [-0.15, -0.1) is 0 Å². The van der Waals surface area contributed by atoms with E-state index in [4.69, 9.17) is 9.84 Å². The summed E-state index contributed by atoms with van der Waals surface area (Å²) in [5.41, 5.74) is 2.40. The van der Waals surface area contributed by atoms with Crippen molar-refractivity contribution in [3.05, 3.63) is 53.7 Å². The van der Waals surface area contributed by atoms with E-state index >= 15 is 0 Å². The molecule has 3 rings (SSSR count). The Morgan fingerprint density at radius 2 is 1.91 bits per heavy atom. The summed E-state index contributed by atoms with van der Waals surface area (Å²) in [5, 5.41) is 12.1. The molecule has 1 aliphatic rings. The number of rotatable bonds is 5. The zero-order valence-corrected chi connectivity index (χ0v) is 12.7. The first-order valence-corrected chi connectivity index (χ1v) is 7.57. The Labute approximate surface area is 134 Å². The zero-order chi connectivity index (χ0) is 16.1. The number of nitrogens with one attached hydrogen (secondary N) is 1. The lowest BCUT2D eigenvalue weighted by Crippen LogP contribution is -2.36. The molecule has 0 atom stereocenters. The average Bonchev–Trinajstić information content (AvgIpc) is 2.61. The molecule has 1 fully saturated rings. The minimum Gasteiger partial charge on any atom is -0.478 e. The normalized spacial score (nSPS) is 14.5. The number of morpholine rings is 1. The first kappa shape index (κ1) is 15.3. The highest BCUT2D eigenvalue weighted by atomic mass is 16.5. The molecular weight excluding hydrogens is 294 g/mol. The van der Waals surface area contributed by atoms with Gasteiger partial charge in [-0.2, -0.15) is 0 Å². The third-order valence-corrected chi connectivity index (χ3v) is 3.80. The average molecular weight is 313 g/mol. The number of aromatic carboxylic acids is 1. The zero-order valence-electron chi connectivity index (χ0n) is 12.7. The highest BCUT2D eigenvalue weighted by Gasteiger charge is 2.11. The summed E-state index contributed by atoms with van der Waals surface area (Å²) in [6.45, 7) is 3.90. The maximum Gasteiger partial charge on any atom is 0.335 e. The molecule has 0 bridgehead atoms. The van der Waals surface area contributed by atoms with E-state index in [1.807, 2.05) is 18.3 Å². The molecular formula is C17H19N3O3. The van der Waals surface area contributed by atoms with E-state index in [2.05, 4.69) is 15.2 Å². The molecule has 1 saturated heterocycles. The first-order chi connectivity index (χ1) is 11.2. The summed E-state index contributed by atoms with van der Waals surface area (Å²) in [6.07, 6.45) is 1.86. The highest BCUT2D eigenvalue weighted by molar-refractivity contribution is 5.87. The molecule has 23 heavy (non-hydrogen) atoms. The molecule has 2 N–H and O–H groups in total. The minimum absolute atomic E-state index is 0.293. The quantitative estimate of drug-likeness (QED) is 0.882. The monoisotopic (exact) mass is 313 g/mol. The van der Waals surface area contributed by atoms with Crippen molar-refractivity contribution in [1.29, 1.82) is 0 Å². The lowest BCUT2D eigenvalue weighted by atomic mass is 10.1. The number of pyridine rings is 1. The number of carboxylic acid groups (broad SMARTS) is 1. The molecule has 0 aliphatic carbocycles. The first-order valence-electron chi connectivity index (χ1n) is 7.57. The van der Waals surface area contributed by atoms with Gasteiger partial charge in [0.15, 0.2) is 0 Å². The Kier molecular flexibility index (Phi) is 4.73. The van der Waals surface area contributed by atoms with Crippen LogP contribution in [0.2, 0.25) is 0 Å². The second-order valence-electron chi connectivity index (χ2n) is 5.36. The van der Waals surface area contributed by atoms with Crippen LogP contribution >= 0.6 is 0 Å². The lowest BCUT2D eigenvalue weighted by molar-refractivity contribution is 0.0697. The molecule has 0 amide bonds. The van der Waals surface area contributed by atoms with E-state index < -0.39 is 5.97 Å². The van der Waals surface area contributed by atoms with Crippen molar-refractivity contribution in [2.45, 2.75) is 6.54 Å². The van der Waals surface area contributed by atoms with Crippen LogP contribution in [0.1, 0.15) is 15.9 Å². The van der Waals surface area contributed by atoms with Crippen molar-refractivity contribution >= 4 is 17.5 Å². The predicted molar refractivity (Wildman–Crippen MR) is 88.0 cm³/mol. The molecule has 2 heterocycles. The van der Waals surface area contributed by atoms with Crippen LogP contribution in [0.4, 0.5) is 11.5 Å². The van der Waals surface area contributed by atoms with Crippen molar-refractivity contribution in [3.63, 3.8) is 0 Å². The van der Waals surface area contributed by atoms with Crippen LogP contribution in [0, 0.1) is 0 Å². The maximum atomic E-state index is 10.8. The summed E-state index contributed by atoms with van der Waals surface area (Å²) in [7, 11) is 0. The van der Waals surface area contributed by atoms with E-state index in [1.54, 1.807) is 24.3 Å². The summed E-state index contributed by atoms with van der Waals surface area (Å²) in [4.78, 5) is 17.5. The Hall–Kier alpha value is -2.60. The molecule has 6 nitrogen and oxygen atoms in total. The molecule has 0 radical (unpaired) electrons. The Morgan fingerprint density at radius 3 is 2.52 bits per heavy atom. The van der Waals surface area contributed by atoms with E-state index in [0.29, 0.717) is 12.1 Å².